The van der Waals surface area contributed by atoms with E-state index in [-0.39, 0.29) is 18.4 Å². The lowest BCUT2D eigenvalue weighted by atomic mass is 10.0. The van der Waals surface area contributed by atoms with Gasteiger partial charge in [-0.1, -0.05) is 13.8 Å². The zero-order chi connectivity index (χ0) is 14.1. The Labute approximate surface area is 119 Å². The van der Waals surface area contributed by atoms with Crippen molar-refractivity contribution in [1.29, 1.82) is 0 Å². The van der Waals surface area contributed by atoms with E-state index in [0.29, 0.717) is 5.82 Å². The summed E-state index contributed by atoms with van der Waals surface area (Å²) in [5.74, 6) is 2.24. The van der Waals surface area contributed by atoms with E-state index in [2.05, 4.69) is 10.3 Å². The smallest absolute Gasteiger partial charge is 0.228 e. The zero-order valence-corrected chi connectivity index (χ0v) is 12.4. The van der Waals surface area contributed by atoms with Gasteiger partial charge in [-0.15, -0.1) is 0 Å². The number of carbonyl (C=O) groups is 1. The van der Waals surface area contributed by atoms with Gasteiger partial charge in [0.25, 0.3) is 0 Å². The largest absolute Gasteiger partial charge is 0.396 e. The van der Waals surface area contributed by atoms with Crippen LogP contribution in [0.5, 0.6) is 0 Å². The van der Waals surface area contributed by atoms with Crippen molar-refractivity contribution in [3.05, 3.63) is 23.9 Å². The van der Waals surface area contributed by atoms with Gasteiger partial charge in [-0.25, -0.2) is 4.98 Å². The number of carbonyl (C=O) groups excluding carboxylic acids is 1. The van der Waals surface area contributed by atoms with E-state index in [1.54, 1.807) is 18.0 Å². The number of anilines is 1. The second-order valence-electron chi connectivity index (χ2n) is 4.33. The lowest BCUT2D eigenvalue weighted by molar-refractivity contribution is -0.120. The molecular formula is C14H22N2O2S. The maximum Gasteiger partial charge on any atom is 0.228 e. The summed E-state index contributed by atoms with van der Waals surface area (Å²) in [7, 11) is 0. The Morgan fingerprint density at radius 2 is 2.21 bits per heavy atom. The summed E-state index contributed by atoms with van der Waals surface area (Å²) in [5, 5.41) is 11.6. The van der Waals surface area contributed by atoms with Gasteiger partial charge in [-0.2, -0.15) is 11.8 Å². The molecule has 0 aliphatic carbocycles. The summed E-state index contributed by atoms with van der Waals surface area (Å²) in [6.07, 6.45) is 3.39. The fourth-order valence-corrected chi connectivity index (χ4v) is 2.46. The summed E-state index contributed by atoms with van der Waals surface area (Å²) < 4.78 is 0. The lowest BCUT2D eigenvalue weighted by Gasteiger charge is -2.12. The van der Waals surface area contributed by atoms with Crippen molar-refractivity contribution < 1.29 is 9.90 Å². The van der Waals surface area contributed by atoms with Crippen molar-refractivity contribution in [1.82, 2.24) is 4.98 Å². The van der Waals surface area contributed by atoms with Crippen molar-refractivity contribution >= 4 is 23.5 Å². The van der Waals surface area contributed by atoms with Crippen LogP contribution < -0.4 is 5.32 Å². The van der Waals surface area contributed by atoms with E-state index in [9.17, 15) is 4.79 Å². The predicted octanol–water partition coefficient (Wildman–Crippen LogP) is 2.68. The minimum absolute atomic E-state index is 0.0395. The minimum atomic E-state index is 0.0395. The highest BCUT2D eigenvalue weighted by Crippen LogP contribution is 2.16. The van der Waals surface area contributed by atoms with Gasteiger partial charge in [-0.3, -0.25) is 4.79 Å². The normalized spacial score (nSPS) is 10.7. The number of nitrogens with zero attached hydrogens (tertiary/aromatic N) is 1. The Hall–Kier alpha value is -1.07. The summed E-state index contributed by atoms with van der Waals surface area (Å²) in [6, 6.07) is 3.82. The van der Waals surface area contributed by atoms with Crippen LogP contribution >= 0.6 is 11.8 Å². The molecule has 5 heteroatoms. The van der Waals surface area contributed by atoms with Gasteiger partial charge in [0.1, 0.15) is 5.82 Å². The first-order valence-electron chi connectivity index (χ1n) is 6.65. The monoisotopic (exact) mass is 282 g/mol. The first-order valence-corrected chi connectivity index (χ1v) is 7.81. The second-order valence-corrected chi connectivity index (χ2v) is 5.43. The molecule has 0 spiro atoms. The summed E-state index contributed by atoms with van der Waals surface area (Å²) >= 11 is 1.66. The lowest BCUT2D eigenvalue weighted by Crippen LogP contribution is -2.22. The first-order chi connectivity index (χ1) is 9.21. The maximum atomic E-state index is 12.0. The number of thioether (sulfide) groups is 1. The topological polar surface area (TPSA) is 62.2 Å². The summed E-state index contributed by atoms with van der Waals surface area (Å²) in [6.45, 7) is 4.22. The molecule has 0 radical (unpaired) electrons. The Morgan fingerprint density at radius 1 is 1.47 bits per heavy atom. The maximum absolute atomic E-state index is 12.0. The molecule has 0 unspecified atom stereocenters. The van der Waals surface area contributed by atoms with Crippen LogP contribution in [-0.4, -0.2) is 28.4 Å². The number of aromatic nitrogens is 1. The Morgan fingerprint density at radius 3 is 2.84 bits per heavy atom. The van der Waals surface area contributed by atoms with Crippen LogP contribution in [0.2, 0.25) is 0 Å². The van der Waals surface area contributed by atoms with Crippen molar-refractivity contribution in [3.8, 4) is 0 Å². The Balaban J connectivity index is 2.58. The SMILES string of the molecule is CCC(CC)C(=O)Nc1cc(CSCCO)ccn1. The highest BCUT2D eigenvalue weighted by Gasteiger charge is 2.14. The molecule has 0 aliphatic rings. The predicted molar refractivity (Wildman–Crippen MR) is 80.2 cm³/mol. The van der Waals surface area contributed by atoms with Crippen molar-refractivity contribution in [3.63, 3.8) is 0 Å². The molecule has 0 bridgehead atoms. The molecule has 0 aromatic carbocycles. The minimum Gasteiger partial charge on any atom is -0.396 e. The van der Waals surface area contributed by atoms with Crippen LogP contribution in [0.15, 0.2) is 18.3 Å². The van der Waals surface area contributed by atoms with E-state index >= 15 is 0 Å². The molecule has 1 aromatic rings. The number of aliphatic hydroxyl groups is 1. The van der Waals surface area contributed by atoms with Gasteiger partial charge >= 0.3 is 0 Å². The number of rotatable bonds is 8. The van der Waals surface area contributed by atoms with Crippen LogP contribution in [0.4, 0.5) is 5.82 Å². The number of nitrogens with one attached hydrogen (secondary N) is 1. The highest BCUT2D eigenvalue weighted by atomic mass is 32.2. The molecule has 1 amide bonds. The number of pyridine rings is 1. The van der Waals surface area contributed by atoms with Gasteiger partial charge in [0.05, 0.1) is 6.61 Å². The molecule has 1 rings (SSSR count). The van der Waals surface area contributed by atoms with Gasteiger partial charge < -0.3 is 10.4 Å². The van der Waals surface area contributed by atoms with Gasteiger partial charge in [-0.05, 0) is 30.5 Å². The van der Waals surface area contributed by atoms with Gasteiger partial charge in [0.15, 0.2) is 0 Å². The van der Waals surface area contributed by atoms with Crippen LogP contribution in [0.1, 0.15) is 32.3 Å². The molecule has 0 aliphatic heterocycles. The van der Waals surface area contributed by atoms with Crippen molar-refractivity contribution in [2.24, 2.45) is 5.92 Å². The molecular weight excluding hydrogens is 260 g/mol. The van der Waals surface area contributed by atoms with E-state index in [0.717, 1.165) is 29.9 Å². The second kappa shape index (κ2) is 8.93. The third-order valence-corrected chi connectivity index (χ3v) is 3.95. The summed E-state index contributed by atoms with van der Waals surface area (Å²) in [4.78, 5) is 16.1. The molecule has 0 atom stereocenters. The van der Waals surface area contributed by atoms with E-state index in [4.69, 9.17) is 5.11 Å². The van der Waals surface area contributed by atoms with Crippen LogP contribution in [0, 0.1) is 5.92 Å². The molecule has 4 nitrogen and oxygen atoms in total. The van der Waals surface area contributed by atoms with Crippen molar-refractivity contribution in [2.45, 2.75) is 32.4 Å². The molecule has 19 heavy (non-hydrogen) atoms. The van der Waals surface area contributed by atoms with E-state index in [1.165, 1.54) is 0 Å². The molecule has 106 valence electrons. The Bertz CT molecular complexity index is 395. The van der Waals surface area contributed by atoms with E-state index in [1.807, 2.05) is 26.0 Å². The van der Waals surface area contributed by atoms with Crippen LogP contribution in [0.3, 0.4) is 0 Å². The standard InChI is InChI=1S/C14H22N2O2S/c1-3-12(4-2)14(18)16-13-9-11(5-6-15-13)10-19-8-7-17/h5-6,9,12,17H,3-4,7-8,10H2,1-2H3,(H,15,16,18). The van der Waals surface area contributed by atoms with Gasteiger partial charge in [0.2, 0.25) is 5.91 Å². The fourth-order valence-electron chi connectivity index (χ4n) is 1.77. The quantitative estimate of drug-likeness (QED) is 0.720. The zero-order valence-electron chi connectivity index (χ0n) is 11.6. The third kappa shape index (κ3) is 5.61. The molecule has 1 heterocycles. The van der Waals surface area contributed by atoms with Crippen LogP contribution in [0.25, 0.3) is 0 Å². The van der Waals surface area contributed by atoms with E-state index < -0.39 is 0 Å². The number of hydrogen-bond acceptors (Lipinski definition) is 4. The fraction of sp³-hybridized carbons (Fsp3) is 0.571. The molecule has 0 fully saturated rings. The third-order valence-electron chi connectivity index (χ3n) is 2.94. The number of hydrogen-bond donors (Lipinski definition) is 2. The molecule has 2 N–H and O–H groups in total. The molecule has 0 saturated carbocycles. The average molecular weight is 282 g/mol. The number of amides is 1. The first kappa shape index (κ1) is 16.0. The van der Waals surface area contributed by atoms with Crippen LogP contribution in [-0.2, 0) is 10.5 Å². The Kier molecular flexibility index (Phi) is 7.52. The number of aliphatic hydroxyl groups excluding tert-OH is 1. The van der Waals surface area contributed by atoms with Crippen molar-refractivity contribution in [2.75, 3.05) is 17.7 Å². The summed E-state index contributed by atoms with van der Waals surface area (Å²) in [5.41, 5.74) is 1.10. The highest BCUT2D eigenvalue weighted by molar-refractivity contribution is 7.98. The molecule has 0 saturated heterocycles. The average Bonchev–Trinajstić information content (AvgIpc) is 2.41. The molecule has 1 aromatic heterocycles. The van der Waals surface area contributed by atoms with Gasteiger partial charge in [0, 0.05) is 23.6 Å².